The summed E-state index contributed by atoms with van der Waals surface area (Å²) in [6, 6.07) is 13.5. The van der Waals surface area contributed by atoms with E-state index in [2.05, 4.69) is 17.0 Å². The molecular weight excluding hydrogens is 338 g/mol. The molecule has 1 heterocycles. The van der Waals surface area contributed by atoms with Gasteiger partial charge < -0.3 is 14.4 Å². The highest BCUT2D eigenvalue weighted by Crippen LogP contribution is 2.28. The minimum absolute atomic E-state index is 0.00722. The van der Waals surface area contributed by atoms with Crippen molar-refractivity contribution in [2.24, 2.45) is 0 Å². The van der Waals surface area contributed by atoms with Crippen LogP contribution in [0.3, 0.4) is 0 Å². The number of ether oxygens (including phenoxy) is 2. The molecule has 0 saturated carbocycles. The lowest BCUT2D eigenvalue weighted by Crippen LogP contribution is -2.23. The molecule has 4 heteroatoms. The molecule has 0 aromatic heterocycles. The van der Waals surface area contributed by atoms with Crippen molar-refractivity contribution in [1.82, 2.24) is 0 Å². The Morgan fingerprint density at radius 2 is 1.56 bits per heavy atom. The monoisotopic (exact) mass is 365 g/mol. The third-order valence-electron chi connectivity index (χ3n) is 4.96. The molecule has 0 aliphatic carbocycles. The van der Waals surface area contributed by atoms with Crippen molar-refractivity contribution in [3.05, 3.63) is 59.7 Å². The van der Waals surface area contributed by atoms with Gasteiger partial charge in [-0.15, -0.1) is 0 Å². The molecule has 0 radical (unpaired) electrons. The molecular formula is C23H27NO3. The molecule has 2 aromatic rings. The van der Waals surface area contributed by atoms with E-state index in [0.717, 1.165) is 18.7 Å². The van der Waals surface area contributed by atoms with Crippen LogP contribution >= 0.6 is 0 Å². The van der Waals surface area contributed by atoms with Crippen LogP contribution in [0.25, 0.3) is 6.08 Å². The highest BCUT2D eigenvalue weighted by atomic mass is 16.5. The molecule has 27 heavy (non-hydrogen) atoms. The molecule has 1 saturated heterocycles. The minimum atomic E-state index is -0.00722. The van der Waals surface area contributed by atoms with E-state index in [-0.39, 0.29) is 5.78 Å². The lowest BCUT2D eigenvalue weighted by molar-refractivity contribution is 0.104. The molecule has 1 aliphatic heterocycles. The Labute approximate surface area is 161 Å². The number of nitrogens with zero attached hydrogens (tertiary/aromatic N) is 1. The fourth-order valence-electron chi connectivity index (χ4n) is 3.39. The number of benzene rings is 2. The second kappa shape index (κ2) is 9.26. The molecule has 3 rings (SSSR count). The summed E-state index contributed by atoms with van der Waals surface area (Å²) >= 11 is 0. The summed E-state index contributed by atoms with van der Waals surface area (Å²) in [7, 11) is 3.20. The van der Waals surface area contributed by atoms with Crippen LogP contribution in [0.1, 0.15) is 41.6 Å². The zero-order valence-electron chi connectivity index (χ0n) is 16.1. The predicted molar refractivity (Wildman–Crippen MR) is 110 cm³/mol. The third kappa shape index (κ3) is 4.91. The number of rotatable bonds is 6. The summed E-state index contributed by atoms with van der Waals surface area (Å²) in [5.74, 6) is 1.31. The van der Waals surface area contributed by atoms with Crippen LogP contribution in [-0.4, -0.2) is 33.1 Å². The van der Waals surface area contributed by atoms with E-state index in [4.69, 9.17) is 9.47 Å². The van der Waals surface area contributed by atoms with Crippen LogP contribution in [0.15, 0.2) is 48.5 Å². The van der Waals surface area contributed by atoms with E-state index in [1.807, 2.05) is 30.3 Å². The molecule has 0 bridgehead atoms. The van der Waals surface area contributed by atoms with E-state index in [0.29, 0.717) is 17.1 Å². The first-order chi connectivity index (χ1) is 13.2. The Morgan fingerprint density at radius 3 is 2.19 bits per heavy atom. The van der Waals surface area contributed by atoms with Crippen molar-refractivity contribution >= 4 is 17.5 Å². The number of ketones is 1. The van der Waals surface area contributed by atoms with Crippen molar-refractivity contribution in [3.63, 3.8) is 0 Å². The fraction of sp³-hybridized carbons (Fsp3) is 0.348. The van der Waals surface area contributed by atoms with Crippen LogP contribution in [-0.2, 0) is 0 Å². The van der Waals surface area contributed by atoms with Crippen molar-refractivity contribution in [1.29, 1.82) is 0 Å². The van der Waals surface area contributed by atoms with E-state index in [1.165, 1.54) is 31.4 Å². The van der Waals surface area contributed by atoms with Crippen molar-refractivity contribution in [3.8, 4) is 11.5 Å². The quantitative estimate of drug-likeness (QED) is 0.534. The van der Waals surface area contributed by atoms with Crippen molar-refractivity contribution < 1.29 is 14.3 Å². The second-order valence-corrected chi connectivity index (χ2v) is 6.76. The Balaban J connectivity index is 1.68. The smallest absolute Gasteiger partial charge is 0.185 e. The summed E-state index contributed by atoms with van der Waals surface area (Å²) < 4.78 is 10.5. The summed E-state index contributed by atoms with van der Waals surface area (Å²) in [5, 5.41) is 0. The van der Waals surface area contributed by atoms with Crippen LogP contribution in [0.4, 0.5) is 5.69 Å². The topological polar surface area (TPSA) is 38.8 Å². The van der Waals surface area contributed by atoms with E-state index >= 15 is 0 Å². The largest absolute Gasteiger partial charge is 0.493 e. The maximum absolute atomic E-state index is 12.5. The molecule has 142 valence electrons. The van der Waals surface area contributed by atoms with Gasteiger partial charge >= 0.3 is 0 Å². The Hall–Kier alpha value is -2.75. The zero-order valence-corrected chi connectivity index (χ0v) is 16.1. The Bertz CT molecular complexity index is 788. The normalized spacial score (nSPS) is 14.8. The SMILES string of the molecule is COc1ccc(/C=C/C(=O)c2ccc(N3CCCCCC3)cc2)cc1OC. The molecule has 0 spiro atoms. The Kier molecular flexibility index (Phi) is 6.53. The number of carbonyl (C=O) groups is 1. The number of carbonyl (C=O) groups excluding carboxylic acids is 1. The molecule has 0 amide bonds. The molecule has 0 N–H and O–H groups in total. The minimum Gasteiger partial charge on any atom is -0.493 e. The average Bonchev–Trinajstić information content (AvgIpc) is 3.01. The van der Waals surface area contributed by atoms with Crippen LogP contribution in [0.2, 0.25) is 0 Å². The standard InChI is InChI=1S/C23H27NO3/c1-26-22-14-8-18(17-23(22)27-2)7-13-21(25)19-9-11-20(12-10-19)24-15-5-3-4-6-16-24/h7-14,17H,3-6,15-16H2,1-2H3/b13-7+. The predicted octanol–water partition coefficient (Wildman–Crippen LogP) is 4.98. The van der Waals surface area contributed by atoms with Gasteiger partial charge in [0.1, 0.15) is 0 Å². The van der Waals surface area contributed by atoms with Crippen molar-refractivity contribution in [2.75, 3.05) is 32.2 Å². The van der Waals surface area contributed by atoms with E-state index in [9.17, 15) is 4.79 Å². The highest BCUT2D eigenvalue weighted by Gasteiger charge is 2.10. The maximum Gasteiger partial charge on any atom is 0.185 e. The molecule has 2 aromatic carbocycles. The molecule has 4 nitrogen and oxygen atoms in total. The van der Waals surface area contributed by atoms with Crippen LogP contribution in [0, 0.1) is 0 Å². The Morgan fingerprint density at radius 1 is 0.889 bits per heavy atom. The van der Waals surface area contributed by atoms with Crippen LogP contribution < -0.4 is 14.4 Å². The molecule has 1 aliphatic rings. The molecule has 0 atom stereocenters. The van der Waals surface area contributed by atoms with Gasteiger partial charge in [0.05, 0.1) is 14.2 Å². The lowest BCUT2D eigenvalue weighted by Gasteiger charge is -2.22. The van der Waals surface area contributed by atoms with E-state index in [1.54, 1.807) is 26.4 Å². The molecule has 1 fully saturated rings. The van der Waals surface area contributed by atoms with Gasteiger partial charge in [-0.05, 0) is 60.9 Å². The van der Waals surface area contributed by atoms with Crippen molar-refractivity contribution in [2.45, 2.75) is 25.7 Å². The van der Waals surface area contributed by atoms with Gasteiger partial charge in [0.2, 0.25) is 0 Å². The van der Waals surface area contributed by atoms with Gasteiger partial charge in [-0.3, -0.25) is 4.79 Å². The van der Waals surface area contributed by atoms with Gasteiger partial charge in [-0.25, -0.2) is 0 Å². The number of methoxy groups -OCH3 is 2. The average molecular weight is 365 g/mol. The van der Waals surface area contributed by atoms with Gasteiger partial charge in [-0.1, -0.05) is 25.0 Å². The first-order valence-corrected chi connectivity index (χ1v) is 9.51. The zero-order chi connectivity index (χ0) is 19.1. The van der Waals surface area contributed by atoms with Gasteiger partial charge in [0, 0.05) is 24.3 Å². The number of hydrogen-bond donors (Lipinski definition) is 0. The fourth-order valence-corrected chi connectivity index (χ4v) is 3.39. The van der Waals surface area contributed by atoms with E-state index < -0.39 is 0 Å². The van der Waals surface area contributed by atoms with Gasteiger partial charge in [0.25, 0.3) is 0 Å². The highest BCUT2D eigenvalue weighted by molar-refractivity contribution is 6.07. The summed E-state index contributed by atoms with van der Waals surface area (Å²) in [4.78, 5) is 14.9. The first-order valence-electron chi connectivity index (χ1n) is 9.51. The summed E-state index contributed by atoms with van der Waals surface area (Å²) in [6.07, 6.45) is 8.51. The third-order valence-corrected chi connectivity index (χ3v) is 4.96. The number of hydrogen-bond acceptors (Lipinski definition) is 4. The van der Waals surface area contributed by atoms with Gasteiger partial charge in [-0.2, -0.15) is 0 Å². The van der Waals surface area contributed by atoms with Gasteiger partial charge in [0.15, 0.2) is 17.3 Å². The lowest BCUT2D eigenvalue weighted by atomic mass is 10.1. The molecule has 0 unspecified atom stereocenters. The van der Waals surface area contributed by atoms with Crippen LogP contribution in [0.5, 0.6) is 11.5 Å². The number of allylic oxidation sites excluding steroid dienone is 1. The maximum atomic E-state index is 12.5. The summed E-state index contributed by atoms with van der Waals surface area (Å²) in [5.41, 5.74) is 2.80. The second-order valence-electron chi connectivity index (χ2n) is 6.76. The number of anilines is 1. The summed E-state index contributed by atoms with van der Waals surface area (Å²) in [6.45, 7) is 2.21. The first kappa shape index (κ1) is 19.0.